The van der Waals surface area contributed by atoms with E-state index in [1.54, 1.807) is 9.80 Å². The van der Waals surface area contributed by atoms with Gasteiger partial charge in [0, 0.05) is 80.5 Å². The SMILES string of the molecule is C#Cc1c(F)ccc2cc(O)cc(-c3nc4c5c(nc(OC[C@@]67CCCN6[C@H](COC(=O)N6CCC(OC8CCN(c9ccc%10c(c9)CN(C9CCC(=O)NC9=O)C%10=O)CC8)CC6)CC7)nc5c3F)N3CCCOC[C@@H]3CC4)c12. The molecule has 0 aliphatic carbocycles. The lowest BCUT2D eigenvalue weighted by atomic mass is 9.95. The van der Waals surface area contributed by atoms with Crippen LogP contribution in [-0.4, -0.2) is 160 Å². The quantitative estimate of drug-likeness (QED) is 0.110. The molecule has 0 saturated carbocycles. The number of aromatic nitrogens is 3. The zero-order chi connectivity index (χ0) is 54.1. The monoisotopic (exact) mass is 1080 g/mol. The third-order valence-corrected chi connectivity index (χ3v) is 18.0. The van der Waals surface area contributed by atoms with Crippen LogP contribution in [0.3, 0.4) is 0 Å². The van der Waals surface area contributed by atoms with Crippen molar-refractivity contribution in [3.63, 3.8) is 0 Å². The van der Waals surface area contributed by atoms with E-state index in [2.05, 4.69) is 32.0 Å². The van der Waals surface area contributed by atoms with E-state index >= 15 is 8.78 Å². The van der Waals surface area contributed by atoms with E-state index in [1.807, 2.05) is 12.1 Å². The van der Waals surface area contributed by atoms with Gasteiger partial charge in [0.05, 0.1) is 47.0 Å². The van der Waals surface area contributed by atoms with Crippen LogP contribution in [0, 0.1) is 24.0 Å². The highest BCUT2D eigenvalue weighted by atomic mass is 19.1. The van der Waals surface area contributed by atoms with Crippen LogP contribution < -0.4 is 19.9 Å². The Morgan fingerprint density at radius 3 is 2.49 bits per heavy atom. The summed E-state index contributed by atoms with van der Waals surface area (Å²) in [6.45, 7) is 6.06. The summed E-state index contributed by atoms with van der Waals surface area (Å²) in [5, 5.41) is 14.4. The van der Waals surface area contributed by atoms with Crippen molar-refractivity contribution in [3.8, 4) is 35.4 Å². The van der Waals surface area contributed by atoms with Crippen LogP contribution in [0.4, 0.5) is 25.1 Å². The van der Waals surface area contributed by atoms with Crippen molar-refractivity contribution in [2.24, 2.45) is 0 Å². The molecule has 3 aromatic carbocycles. The number of likely N-dealkylation sites (tertiary alicyclic amines) is 1. The molecule has 0 radical (unpaired) electrons. The van der Waals surface area contributed by atoms with E-state index in [1.165, 1.54) is 24.3 Å². The molecule has 2 N–H and O–H groups in total. The molecule has 5 aromatic rings. The lowest BCUT2D eigenvalue weighted by Crippen LogP contribution is -2.52. The predicted octanol–water partition coefficient (Wildman–Crippen LogP) is 6.78. The number of phenolic OH excluding ortho intramolecular Hbond substituents is 1. The first-order valence-electron chi connectivity index (χ1n) is 28.1. The molecule has 8 aliphatic rings. The lowest BCUT2D eigenvalue weighted by Gasteiger charge is -2.38. The number of nitrogens with zero attached hydrogens (tertiary/aromatic N) is 8. The lowest BCUT2D eigenvalue weighted by molar-refractivity contribution is -0.136. The van der Waals surface area contributed by atoms with Crippen molar-refractivity contribution in [1.29, 1.82) is 0 Å². The van der Waals surface area contributed by atoms with Crippen molar-refractivity contribution < 1.29 is 52.0 Å². The summed E-state index contributed by atoms with van der Waals surface area (Å²) in [6.07, 6.45) is 14.7. The standard InChI is InChI=1S/C59H63F2N9O9/c1-2-42-45(60)9-5-34-28-39(71)29-44(49(34)42)52-51(61)53-50-46(62-52)10-7-37-31-76-26-4-20-68(37)54(50)65-57(64-53)78-33-59-18-3-21-70(59)38(13-19-59)32-77-58(75)67-24-16-41(17-25-67)79-40-14-22-66(23-15-40)36-6-8-43-35(27-36)30-69(56(43)74)47-11-12-48(72)63-55(47)73/h1,5-6,8-9,27-29,37-38,40-41,47,71H,3-4,7,10-26,30-33H2,(H,63,72,73)/t37-,38-,47?,59-/m0/s1. The fraction of sp³-hybridized carbons (Fsp3) is 0.508. The number of rotatable bonds is 10. The van der Waals surface area contributed by atoms with Gasteiger partial charge in [0.25, 0.3) is 5.91 Å². The number of hydrogen-bond acceptors (Lipinski definition) is 15. The highest BCUT2D eigenvalue weighted by Gasteiger charge is 2.50. The Bertz CT molecular complexity index is 3340. The zero-order valence-electron chi connectivity index (χ0n) is 44.0. The van der Waals surface area contributed by atoms with Gasteiger partial charge >= 0.3 is 12.1 Å². The fourth-order valence-electron chi connectivity index (χ4n) is 13.9. The summed E-state index contributed by atoms with van der Waals surface area (Å²) in [5.74, 6) is 0.513. The second-order valence-corrected chi connectivity index (χ2v) is 22.6. The van der Waals surface area contributed by atoms with Crippen molar-refractivity contribution in [1.82, 2.24) is 35.0 Å². The number of terminal acetylenes is 1. The van der Waals surface area contributed by atoms with E-state index in [-0.39, 0.29) is 107 Å². The van der Waals surface area contributed by atoms with Gasteiger partial charge in [-0.15, -0.1) is 6.42 Å². The first-order valence-corrected chi connectivity index (χ1v) is 28.1. The van der Waals surface area contributed by atoms with Gasteiger partial charge in [0.1, 0.15) is 47.9 Å². The number of nitrogens with one attached hydrogen (secondary N) is 1. The molecule has 2 aromatic heterocycles. The van der Waals surface area contributed by atoms with Crippen molar-refractivity contribution in [2.45, 2.75) is 126 Å². The number of carbonyl (C=O) groups is 4. The Morgan fingerprint density at radius 1 is 0.861 bits per heavy atom. The summed E-state index contributed by atoms with van der Waals surface area (Å²) < 4.78 is 58.0. The maximum Gasteiger partial charge on any atom is 0.409 e. The molecule has 0 spiro atoms. The highest BCUT2D eigenvalue weighted by Crippen LogP contribution is 2.45. The highest BCUT2D eigenvalue weighted by molar-refractivity contribution is 6.06. The Balaban J connectivity index is 0.632. The average Bonchev–Trinajstić information content (AvgIpc) is 4.26. The zero-order valence-corrected chi connectivity index (χ0v) is 44.0. The minimum Gasteiger partial charge on any atom is -0.508 e. The molecule has 20 heteroatoms. The molecular formula is C59H63F2N9O9. The van der Waals surface area contributed by atoms with Gasteiger partial charge in [-0.25, -0.2) is 18.6 Å². The van der Waals surface area contributed by atoms with E-state index < -0.39 is 23.6 Å². The summed E-state index contributed by atoms with van der Waals surface area (Å²) in [5.41, 5.74) is 2.76. The molecule has 8 aliphatic heterocycles. The number of benzene rings is 3. The number of amides is 4. The summed E-state index contributed by atoms with van der Waals surface area (Å²) in [4.78, 5) is 76.0. The van der Waals surface area contributed by atoms with Gasteiger partial charge in [0.15, 0.2) is 5.82 Å². The molecule has 79 heavy (non-hydrogen) atoms. The van der Waals surface area contributed by atoms with Crippen molar-refractivity contribution in [2.75, 3.05) is 75.5 Å². The Morgan fingerprint density at radius 2 is 1.68 bits per heavy atom. The number of fused-ring (bicyclic) bond motifs is 5. The van der Waals surface area contributed by atoms with Gasteiger partial charge in [-0.05, 0) is 131 Å². The molecule has 10 heterocycles. The van der Waals surface area contributed by atoms with Crippen LogP contribution in [0.5, 0.6) is 11.8 Å². The number of carbonyl (C=O) groups excluding carboxylic acids is 4. The minimum absolute atomic E-state index is 0.00264. The minimum atomic E-state index is -0.758. The van der Waals surface area contributed by atoms with Crippen LogP contribution in [0.25, 0.3) is 32.9 Å². The van der Waals surface area contributed by atoms with Crippen LogP contribution in [-0.2, 0) is 36.8 Å². The number of phenols is 1. The van der Waals surface area contributed by atoms with E-state index in [0.29, 0.717) is 86.5 Å². The average molecular weight is 1080 g/mol. The first kappa shape index (κ1) is 51.2. The number of aromatic hydroxyl groups is 1. The molecule has 6 fully saturated rings. The number of piperidine rings is 3. The number of pyridine rings is 1. The topological polar surface area (TPSA) is 192 Å². The third kappa shape index (κ3) is 9.40. The number of halogens is 2. The van der Waals surface area contributed by atoms with Crippen molar-refractivity contribution in [3.05, 3.63) is 76.5 Å². The molecule has 6 saturated heterocycles. The van der Waals surface area contributed by atoms with Crippen LogP contribution in [0.2, 0.25) is 0 Å². The molecular weight excluding hydrogens is 1020 g/mol. The maximum atomic E-state index is 17.5. The van der Waals surface area contributed by atoms with Crippen LogP contribution >= 0.6 is 0 Å². The number of ether oxygens (including phenoxy) is 4. The Hall–Kier alpha value is -7.21. The number of imide groups is 1. The molecule has 1 unspecified atom stereocenters. The Kier molecular flexibility index (Phi) is 13.5. The second kappa shape index (κ2) is 20.8. The van der Waals surface area contributed by atoms with Gasteiger partial charge in [-0.2, -0.15) is 9.97 Å². The third-order valence-electron chi connectivity index (χ3n) is 18.0. The number of anilines is 2. The van der Waals surface area contributed by atoms with Gasteiger partial charge < -0.3 is 43.7 Å². The summed E-state index contributed by atoms with van der Waals surface area (Å²) in [6, 6.07) is 10.8. The van der Waals surface area contributed by atoms with E-state index in [9.17, 15) is 24.3 Å². The second-order valence-electron chi connectivity index (χ2n) is 22.6. The number of hydrogen-bond donors (Lipinski definition) is 2. The van der Waals surface area contributed by atoms with Gasteiger partial charge in [0.2, 0.25) is 11.8 Å². The van der Waals surface area contributed by atoms with Gasteiger partial charge in [-0.3, -0.25) is 24.6 Å². The van der Waals surface area contributed by atoms with Crippen LogP contribution in [0.1, 0.15) is 104 Å². The van der Waals surface area contributed by atoms with E-state index in [4.69, 9.17) is 40.3 Å². The summed E-state index contributed by atoms with van der Waals surface area (Å²) >= 11 is 0. The number of aryl methyl sites for hydroxylation is 1. The molecule has 4 amide bonds. The molecule has 13 rings (SSSR count). The first-order chi connectivity index (χ1) is 38.4. The molecule has 0 bridgehead atoms. The Labute approximate surface area is 455 Å². The summed E-state index contributed by atoms with van der Waals surface area (Å²) in [7, 11) is 0. The van der Waals surface area contributed by atoms with E-state index in [0.717, 1.165) is 88.7 Å². The maximum absolute atomic E-state index is 17.5. The molecule has 4 atom stereocenters. The van der Waals surface area contributed by atoms with Crippen LogP contribution in [0.15, 0.2) is 42.5 Å². The molecule has 18 nitrogen and oxygen atoms in total. The largest absolute Gasteiger partial charge is 0.508 e. The normalized spacial score (nSPS) is 24.8. The smallest absolute Gasteiger partial charge is 0.409 e. The predicted molar refractivity (Wildman–Crippen MR) is 287 cm³/mol. The van der Waals surface area contributed by atoms with Gasteiger partial charge in [-0.1, -0.05) is 12.0 Å². The van der Waals surface area contributed by atoms with Crippen molar-refractivity contribution >= 4 is 57.0 Å². The molecule has 412 valence electrons. The fourth-order valence-corrected chi connectivity index (χ4v) is 13.9.